The Hall–Kier alpha value is -0.780. The van der Waals surface area contributed by atoms with Gasteiger partial charge in [0.2, 0.25) is 0 Å². The van der Waals surface area contributed by atoms with Gasteiger partial charge >= 0.3 is 0 Å². The first-order chi connectivity index (χ1) is 6.47. The van der Waals surface area contributed by atoms with Crippen molar-refractivity contribution in [2.24, 2.45) is 11.8 Å². The van der Waals surface area contributed by atoms with Gasteiger partial charge in [-0.25, -0.2) is 0 Å². The maximum atomic E-state index is 2.31. The molecule has 2 aliphatic carbocycles. The number of hydrogen-bond acceptors (Lipinski definition) is 0. The lowest BCUT2D eigenvalue weighted by atomic mass is 10.0. The molecule has 3 rings (SSSR count). The van der Waals surface area contributed by atoms with E-state index in [1.165, 1.54) is 25.7 Å². The average Bonchev–Trinajstić information content (AvgIpc) is 2.93. The Kier molecular flexibility index (Phi) is 1.68. The molecule has 0 N–H and O–H groups in total. The Morgan fingerprint density at radius 3 is 2.08 bits per heavy atom. The predicted molar refractivity (Wildman–Crippen MR) is 54.6 cm³/mol. The summed E-state index contributed by atoms with van der Waals surface area (Å²) in [5.74, 6) is 3.04. The largest absolute Gasteiger partial charge is 0.0622 e. The minimum absolute atomic E-state index is 0.934. The van der Waals surface area contributed by atoms with Crippen molar-refractivity contribution in [1.29, 1.82) is 0 Å². The second-order valence-electron chi connectivity index (χ2n) is 4.55. The topological polar surface area (TPSA) is 0 Å². The van der Waals surface area contributed by atoms with Crippen LogP contribution in [0.2, 0.25) is 0 Å². The summed E-state index contributed by atoms with van der Waals surface area (Å²) in [6.07, 6.45) is 5.93. The summed E-state index contributed by atoms with van der Waals surface area (Å²) in [5.41, 5.74) is 1.60. The molecule has 0 radical (unpaired) electrons. The van der Waals surface area contributed by atoms with E-state index in [4.69, 9.17) is 0 Å². The molecule has 2 saturated carbocycles. The highest BCUT2D eigenvalue weighted by atomic mass is 14.5. The first kappa shape index (κ1) is 7.61. The highest BCUT2D eigenvalue weighted by Gasteiger charge is 2.50. The van der Waals surface area contributed by atoms with E-state index in [-0.39, 0.29) is 0 Å². The zero-order valence-electron chi connectivity index (χ0n) is 7.95. The van der Waals surface area contributed by atoms with Crippen molar-refractivity contribution in [1.82, 2.24) is 0 Å². The van der Waals surface area contributed by atoms with E-state index in [1.54, 1.807) is 5.56 Å². The van der Waals surface area contributed by atoms with Crippen LogP contribution in [0.4, 0.5) is 0 Å². The van der Waals surface area contributed by atoms with Crippen LogP contribution in [0, 0.1) is 11.8 Å². The third-order valence-electron chi connectivity index (χ3n) is 3.84. The maximum absolute atomic E-state index is 2.31. The normalized spacial score (nSPS) is 36.8. The van der Waals surface area contributed by atoms with E-state index < -0.39 is 0 Å². The van der Waals surface area contributed by atoms with E-state index >= 15 is 0 Å². The number of benzene rings is 1. The van der Waals surface area contributed by atoms with Gasteiger partial charge in [-0.3, -0.25) is 0 Å². The molecular formula is C13H16. The van der Waals surface area contributed by atoms with Crippen LogP contribution >= 0.6 is 0 Å². The van der Waals surface area contributed by atoms with Gasteiger partial charge in [0.05, 0.1) is 0 Å². The Morgan fingerprint density at radius 1 is 0.846 bits per heavy atom. The molecule has 1 unspecified atom stereocenters. The second-order valence-corrected chi connectivity index (χ2v) is 4.55. The lowest BCUT2D eigenvalue weighted by molar-refractivity contribution is 0.480. The van der Waals surface area contributed by atoms with Crippen molar-refractivity contribution < 1.29 is 0 Å². The summed E-state index contributed by atoms with van der Waals surface area (Å²) < 4.78 is 0. The van der Waals surface area contributed by atoms with Gasteiger partial charge in [-0.05, 0) is 36.2 Å². The monoisotopic (exact) mass is 172 g/mol. The molecule has 2 aliphatic rings. The summed E-state index contributed by atoms with van der Waals surface area (Å²) >= 11 is 0. The molecule has 68 valence electrons. The molecule has 0 heteroatoms. The molecule has 1 aromatic carbocycles. The molecule has 3 atom stereocenters. The molecule has 0 aliphatic heterocycles. The first-order valence-electron chi connectivity index (χ1n) is 5.52. The third kappa shape index (κ3) is 1.20. The van der Waals surface area contributed by atoms with E-state index in [9.17, 15) is 0 Å². The number of hydrogen-bond donors (Lipinski definition) is 0. The van der Waals surface area contributed by atoms with Crippen molar-refractivity contribution in [3.05, 3.63) is 35.9 Å². The zero-order valence-corrected chi connectivity index (χ0v) is 7.95. The molecule has 0 amide bonds. The summed E-state index contributed by atoms with van der Waals surface area (Å²) in [6, 6.07) is 11.1. The molecule has 0 nitrogen and oxygen atoms in total. The van der Waals surface area contributed by atoms with Crippen LogP contribution in [0.3, 0.4) is 0 Å². The molecule has 13 heavy (non-hydrogen) atoms. The Labute approximate surface area is 80.0 Å². The smallest absolute Gasteiger partial charge is 0.00995 e. The van der Waals surface area contributed by atoms with Crippen molar-refractivity contribution in [2.45, 2.75) is 31.6 Å². The van der Waals surface area contributed by atoms with Crippen LogP contribution in [-0.4, -0.2) is 0 Å². The van der Waals surface area contributed by atoms with E-state index in [1.807, 2.05) is 0 Å². The predicted octanol–water partition coefficient (Wildman–Crippen LogP) is 3.59. The number of fused-ring (bicyclic) bond motifs is 1. The SMILES string of the molecule is c1ccc(C2[C@H]3CCCC[C@@H]23)cc1. The molecule has 0 saturated heterocycles. The van der Waals surface area contributed by atoms with E-state index in [2.05, 4.69) is 30.3 Å². The summed E-state index contributed by atoms with van der Waals surface area (Å²) in [4.78, 5) is 0. The van der Waals surface area contributed by atoms with Crippen LogP contribution in [0.25, 0.3) is 0 Å². The van der Waals surface area contributed by atoms with Gasteiger partial charge in [-0.1, -0.05) is 43.2 Å². The Balaban J connectivity index is 1.82. The highest BCUT2D eigenvalue weighted by Crippen LogP contribution is 2.61. The summed E-state index contributed by atoms with van der Waals surface area (Å²) in [7, 11) is 0. The van der Waals surface area contributed by atoms with Crippen LogP contribution in [0.15, 0.2) is 30.3 Å². The van der Waals surface area contributed by atoms with Crippen LogP contribution in [0.1, 0.15) is 37.2 Å². The summed E-state index contributed by atoms with van der Waals surface area (Å²) in [6.45, 7) is 0. The van der Waals surface area contributed by atoms with E-state index in [0.29, 0.717) is 0 Å². The van der Waals surface area contributed by atoms with Crippen LogP contribution < -0.4 is 0 Å². The van der Waals surface area contributed by atoms with Gasteiger partial charge in [-0.15, -0.1) is 0 Å². The number of rotatable bonds is 1. The first-order valence-corrected chi connectivity index (χ1v) is 5.52. The lowest BCUT2D eigenvalue weighted by Crippen LogP contribution is -1.91. The van der Waals surface area contributed by atoms with Gasteiger partial charge in [-0.2, -0.15) is 0 Å². The third-order valence-corrected chi connectivity index (χ3v) is 3.84. The fourth-order valence-corrected chi connectivity index (χ4v) is 3.16. The fourth-order valence-electron chi connectivity index (χ4n) is 3.16. The standard InChI is InChI=1S/C13H16/c1-2-6-10(7-3-1)13-11-8-4-5-9-12(11)13/h1-3,6-7,11-13H,4-5,8-9H2/t11-,12+,13?. The minimum Gasteiger partial charge on any atom is -0.0622 e. The second kappa shape index (κ2) is 2.87. The van der Waals surface area contributed by atoms with E-state index in [0.717, 1.165) is 17.8 Å². The molecule has 1 aromatic rings. The molecule has 0 bridgehead atoms. The van der Waals surface area contributed by atoms with Gasteiger partial charge in [0.1, 0.15) is 0 Å². The highest BCUT2D eigenvalue weighted by molar-refractivity contribution is 5.28. The Morgan fingerprint density at radius 2 is 1.46 bits per heavy atom. The van der Waals surface area contributed by atoms with Crippen LogP contribution in [-0.2, 0) is 0 Å². The molecule has 2 fully saturated rings. The van der Waals surface area contributed by atoms with Gasteiger partial charge < -0.3 is 0 Å². The van der Waals surface area contributed by atoms with Crippen molar-refractivity contribution >= 4 is 0 Å². The summed E-state index contributed by atoms with van der Waals surface area (Å²) in [5, 5.41) is 0. The fraction of sp³-hybridized carbons (Fsp3) is 0.538. The van der Waals surface area contributed by atoms with Crippen LogP contribution in [0.5, 0.6) is 0 Å². The quantitative estimate of drug-likeness (QED) is 0.607. The van der Waals surface area contributed by atoms with Crippen molar-refractivity contribution in [2.75, 3.05) is 0 Å². The molecule has 0 spiro atoms. The van der Waals surface area contributed by atoms with Gasteiger partial charge in [0.25, 0.3) is 0 Å². The molecule has 0 aromatic heterocycles. The maximum Gasteiger partial charge on any atom is -0.00995 e. The average molecular weight is 172 g/mol. The van der Waals surface area contributed by atoms with Gasteiger partial charge in [0, 0.05) is 0 Å². The molecular weight excluding hydrogens is 156 g/mol. The minimum atomic E-state index is 0.934. The van der Waals surface area contributed by atoms with Crippen molar-refractivity contribution in [3.63, 3.8) is 0 Å². The van der Waals surface area contributed by atoms with Crippen molar-refractivity contribution in [3.8, 4) is 0 Å². The lowest BCUT2D eigenvalue weighted by Gasteiger charge is -2.04. The Bertz CT molecular complexity index is 276. The zero-order chi connectivity index (χ0) is 8.67. The molecule has 0 heterocycles. The van der Waals surface area contributed by atoms with Gasteiger partial charge in [0.15, 0.2) is 0 Å².